The van der Waals surface area contributed by atoms with Gasteiger partial charge < -0.3 is 4.90 Å². The Bertz CT molecular complexity index is 426. The van der Waals surface area contributed by atoms with Crippen LogP contribution in [0.1, 0.15) is 18.9 Å². The molecule has 0 aromatic carbocycles. The summed E-state index contributed by atoms with van der Waals surface area (Å²) in [5.74, 6) is 0.630. The van der Waals surface area contributed by atoms with Crippen LogP contribution in [0.4, 0.5) is 0 Å². The third-order valence-corrected chi connectivity index (χ3v) is 3.64. The van der Waals surface area contributed by atoms with Gasteiger partial charge in [-0.1, -0.05) is 13.0 Å². The van der Waals surface area contributed by atoms with Crippen LogP contribution in [0.2, 0.25) is 0 Å². The van der Waals surface area contributed by atoms with Crippen molar-refractivity contribution in [3.8, 4) is 6.07 Å². The summed E-state index contributed by atoms with van der Waals surface area (Å²) in [5, 5.41) is 9.04. The first kappa shape index (κ1) is 14.0. The van der Waals surface area contributed by atoms with Crippen LogP contribution in [0, 0.1) is 17.2 Å². The lowest BCUT2D eigenvalue weighted by Gasteiger charge is -2.29. The standard InChI is InChI=1S/C15H22N4/c1-13-9-18(2)12-15(5-6-16)19(10-13)11-14-4-3-7-17-8-14/h3-4,7-8,13,15H,5,9-12H2,1-2H3. The lowest BCUT2D eigenvalue weighted by molar-refractivity contribution is 0.176. The van der Waals surface area contributed by atoms with Gasteiger partial charge in [0.25, 0.3) is 0 Å². The van der Waals surface area contributed by atoms with Crippen LogP contribution in [-0.4, -0.2) is 47.5 Å². The van der Waals surface area contributed by atoms with Crippen molar-refractivity contribution in [1.29, 1.82) is 5.26 Å². The molecule has 1 aromatic rings. The van der Waals surface area contributed by atoms with E-state index in [4.69, 9.17) is 5.26 Å². The van der Waals surface area contributed by atoms with Crippen molar-refractivity contribution < 1.29 is 0 Å². The highest BCUT2D eigenvalue weighted by Gasteiger charge is 2.26. The minimum absolute atomic E-state index is 0.320. The maximum absolute atomic E-state index is 9.04. The Hall–Kier alpha value is -1.44. The number of hydrogen-bond acceptors (Lipinski definition) is 4. The molecule has 2 heterocycles. The Morgan fingerprint density at radius 1 is 1.42 bits per heavy atom. The van der Waals surface area contributed by atoms with Crippen LogP contribution in [0.25, 0.3) is 0 Å². The molecule has 2 rings (SSSR count). The summed E-state index contributed by atoms with van der Waals surface area (Å²) in [5.41, 5.74) is 1.22. The van der Waals surface area contributed by atoms with Gasteiger partial charge in [-0.25, -0.2) is 0 Å². The molecule has 1 aliphatic rings. The molecule has 102 valence electrons. The van der Waals surface area contributed by atoms with Gasteiger partial charge >= 0.3 is 0 Å². The zero-order chi connectivity index (χ0) is 13.7. The SMILES string of the molecule is CC1CN(C)CC(CC#N)N(Cc2cccnc2)C1. The van der Waals surface area contributed by atoms with Crippen LogP contribution in [0.15, 0.2) is 24.5 Å². The Morgan fingerprint density at radius 2 is 2.26 bits per heavy atom. The van der Waals surface area contributed by atoms with Gasteiger partial charge in [-0.05, 0) is 24.6 Å². The Balaban J connectivity index is 2.11. The van der Waals surface area contributed by atoms with Crippen LogP contribution in [0.3, 0.4) is 0 Å². The number of nitriles is 1. The second-order valence-corrected chi connectivity index (χ2v) is 5.63. The van der Waals surface area contributed by atoms with Crippen molar-refractivity contribution in [2.75, 3.05) is 26.7 Å². The second-order valence-electron chi connectivity index (χ2n) is 5.63. The topological polar surface area (TPSA) is 43.2 Å². The number of pyridine rings is 1. The lowest BCUT2D eigenvalue weighted by Crippen LogP contribution is -2.39. The average Bonchev–Trinajstić information content (AvgIpc) is 2.50. The van der Waals surface area contributed by atoms with E-state index in [-0.39, 0.29) is 0 Å². The lowest BCUT2D eigenvalue weighted by atomic mass is 10.1. The fourth-order valence-electron chi connectivity index (χ4n) is 2.91. The van der Waals surface area contributed by atoms with Gasteiger partial charge in [-0.2, -0.15) is 5.26 Å². The summed E-state index contributed by atoms with van der Waals surface area (Å²) in [6, 6.07) is 6.73. The van der Waals surface area contributed by atoms with E-state index in [1.54, 1.807) is 6.20 Å². The molecule has 0 radical (unpaired) electrons. The van der Waals surface area contributed by atoms with Crippen molar-refractivity contribution in [3.63, 3.8) is 0 Å². The van der Waals surface area contributed by atoms with Crippen molar-refractivity contribution >= 4 is 0 Å². The van der Waals surface area contributed by atoms with E-state index in [2.05, 4.69) is 40.9 Å². The number of nitrogens with zero attached hydrogens (tertiary/aromatic N) is 4. The van der Waals surface area contributed by atoms with Crippen molar-refractivity contribution in [3.05, 3.63) is 30.1 Å². The maximum atomic E-state index is 9.04. The molecule has 1 aromatic heterocycles. The van der Waals surface area contributed by atoms with Crippen LogP contribution >= 0.6 is 0 Å². The van der Waals surface area contributed by atoms with Crippen LogP contribution < -0.4 is 0 Å². The van der Waals surface area contributed by atoms with Gasteiger partial charge in [-0.3, -0.25) is 9.88 Å². The van der Waals surface area contributed by atoms with E-state index in [1.165, 1.54) is 5.56 Å². The van der Waals surface area contributed by atoms with Gasteiger partial charge in [0, 0.05) is 44.6 Å². The molecule has 1 saturated heterocycles. The molecule has 1 fully saturated rings. The normalized spacial score (nSPS) is 25.7. The van der Waals surface area contributed by atoms with Crippen molar-refractivity contribution in [2.24, 2.45) is 5.92 Å². The van der Waals surface area contributed by atoms with Gasteiger partial charge in [0.1, 0.15) is 0 Å². The molecule has 2 unspecified atom stereocenters. The first-order chi connectivity index (χ1) is 9.19. The monoisotopic (exact) mass is 258 g/mol. The molecule has 0 saturated carbocycles. The summed E-state index contributed by atoms with van der Waals surface area (Å²) in [7, 11) is 2.15. The predicted octanol–water partition coefficient (Wildman–Crippen LogP) is 1.75. The summed E-state index contributed by atoms with van der Waals surface area (Å²) in [6.07, 6.45) is 4.31. The molecule has 0 aliphatic carbocycles. The Labute approximate surface area is 115 Å². The third kappa shape index (κ3) is 4.02. The minimum atomic E-state index is 0.320. The summed E-state index contributed by atoms with van der Waals surface area (Å²) < 4.78 is 0. The molecule has 2 atom stereocenters. The van der Waals surface area contributed by atoms with E-state index >= 15 is 0 Å². The Morgan fingerprint density at radius 3 is 2.95 bits per heavy atom. The zero-order valence-corrected chi connectivity index (χ0v) is 11.8. The number of aromatic nitrogens is 1. The van der Waals surface area contributed by atoms with E-state index in [0.29, 0.717) is 18.4 Å². The smallest absolute Gasteiger partial charge is 0.0638 e. The molecular formula is C15H22N4. The number of likely N-dealkylation sites (N-methyl/N-ethyl adjacent to an activating group) is 1. The molecule has 4 nitrogen and oxygen atoms in total. The van der Waals surface area contributed by atoms with Gasteiger partial charge in [0.05, 0.1) is 12.5 Å². The quantitative estimate of drug-likeness (QED) is 0.828. The van der Waals surface area contributed by atoms with Crippen LogP contribution in [0.5, 0.6) is 0 Å². The molecule has 4 heteroatoms. The third-order valence-electron chi connectivity index (χ3n) is 3.64. The zero-order valence-electron chi connectivity index (χ0n) is 11.8. The van der Waals surface area contributed by atoms with Crippen molar-refractivity contribution in [1.82, 2.24) is 14.8 Å². The maximum Gasteiger partial charge on any atom is 0.0638 e. The van der Waals surface area contributed by atoms with Gasteiger partial charge in [-0.15, -0.1) is 0 Å². The highest BCUT2D eigenvalue weighted by molar-refractivity contribution is 5.09. The predicted molar refractivity (Wildman–Crippen MR) is 75.3 cm³/mol. The highest BCUT2D eigenvalue weighted by Crippen LogP contribution is 2.18. The molecule has 0 amide bonds. The number of rotatable bonds is 3. The average molecular weight is 258 g/mol. The summed E-state index contributed by atoms with van der Waals surface area (Å²) in [6.45, 7) is 6.29. The summed E-state index contributed by atoms with van der Waals surface area (Å²) >= 11 is 0. The van der Waals surface area contributed by atoms with E-state index < -0.39 is 0 Å². The minimum Gasteiger partial charge on any atom is -0.304 e. The largest absolute Gasteiger partial charge is 0.304 e. The molecule has 1 aliphatic heterocycles. The molecule has 0 N–H and O–H groups in total. The molecular weight excluding hydrogens is 236 g/mol. The van der Waals surface area contributed by atoms with E-state index in [0.717, 1.165) is 26.2 Å². The fourth-order valence-corrected chi connectivity index (χ4v) is 2.91. The Kier molecular flexibility index (Phi) is 4.89. The summed E-state index contributed by atoms with van der Waals surface area (Å²) in [4.78, 5) is 8.96. The van der Waals surface area contributed by atoms with Crippen LogP contribution in [-0.2, 0) is 6.54 Å². The highest BCUT2D eigenvalue weighted by atomic mass is 15.2. The fraction of sp³-hybridized carbons (Fsp3) is 0.600. The van der Waals surface area contributed by atoms with E-state index in [1.807, 2.05) is 12.3 Å². The van der Waals surface area contributed by atoms with Gasteiger partial charge in [0.2, 0.25) is 0 Å². The molecule has 19 heavy (non-hydrogen) atoms. The second kappa shape index (κ2) is 6.65. The van der Waals surface area contributed by atoms with Crippen molar-refractivity contribution in [2.45, 2.75) is 25.9 Å². The first-order valence-corrected chi connectivity index (χ1v) is 6.87. The first-order valence-electron chi connectivity index (χ1n) is 6.87. The molecule has 0 bridgehead atoms. The van der Waals surface area contributed by atoms with Gasteiger partial charge in [0.15, 0.2) is 0 Å². The van der Waals surface area contributed by atoms with E-state index in [9.17, 15) is 0 Å². The molecule has 0 spiro atoms. The number of hydrogen-bond donors (Lipinski definition) is 0.